The van der Waals surface area contributed by atoms with E-state index in [4.69, 9.17) is 9.47 Å². The molecular weight excluding hydrogens is 450 g/mol. The van der Waals surface area contributed by atoms with Crippen LogP contribution in [0.5, 0.6) is 0 Å². The van der Waals surface area contributed by atoms with Crippen LogP contribution in [0.2, 0.25) is 0 Å². The first kappa shape index (κ1) is 25.5. The van der Waals surface area contributed by atoms with Crippen LogP contribution in [0.3, 0.4) is 0 Å². The minimum absolute atomic E-state index is 0.203. The first-order chi connectivity index (χ1) is 17.3. The molecule has 1 heterocycles. The van der Waals surface area contributed by atoms with E-state index in [9.17, 15) is 9.59 Å². The molecule has 0 unspecified atom stereocenters. The van der Waals surface area contributed by atoms with Crippen LogP contribution in [0.15, 0.2) is 91.0 Å². The molecule has 3 aromatic rings. The third-order valence-electron chi connectivity index (χ3n) is 6.38. The van der Waals surface area contributed by atoms with Gasteiger partial charge in [0.2, 0.25) is 0 Å². The quantitative estimate of drug-likeness (QED) is 0.356. The van der Waals surface area contributed by atoms with Gasteiger partial charge in [-0.1, -0.05) is 91.0 Å². The predicted octanol–water partition coefficient (Wildman–Crippen LogP) is 6.21. The topological polar surface area (TPSA) is 55.8 Å². The molecule has 188 valence electrons. The second kappa shape index (κ2) is 11.4. The summed E-state index contributed by atoms with van der Waals surface area (Å²) in [5.41, 5.74) is 2.53. The molecule has 1 aliphatic rings. The number of hydrogen-bond acceptors (Lipinski definition) is 4. The van der Waals surface area contributed by atoms with Gasteiger partial charge in [-0.15, -0.1) is 0 Å². The third-order valence-corrected chi connectivity index (χ3v) is 6.38. The maximum absolute atomic E-state index is 13.6. The van der Waals surface area contributed by atoms with Crippen LogP contribution in [0.25, 0.3) is 0 Å². The second-order valence-corrected chi connectivity index (χ2v) is 10.4. The summed E-state index contributed by atoms with van der Waals surface area (Å²) in [5.74, 6) is -0.446. The maximum atomic E-state index is 13.6. The highest BCUT2D eigenvalue weighted by molar-refractivity contribution is 5.75. The molecule has 3 aromatic carbocycles. The van der Waals surface area contributed by atoms with Gasteiger partial charge < -0.3 is 9.47 Å². The van der Waals surface area contributed by atoms with Crippen LogP contribution in [0, 0.1) is 5.92 Å². The van der Waals surface area contributed by atoms with Crippen molar-refractivity contribution in [1.29, 1.82) is 0 Å². The molecule has 0 bridgehead atoms. The molecule has 5 nitrogen and oxygen atoms in total. The highest BCUT2D eigenvalue weighted by Crippen LogP contribution is 2.31. The smallest absolute Gasteiger partial charge is 0.410 e. The van der Waals surface area contributed by atoms with Crippen molar-refractivity contribution >= 4 is 12.1 Å². The van der Waals surface area contributed by atoms with E-state index in [0.717, 1.165) is 16.7 Å². The number of carbonyl (C=O) groups excluding carboxylic acids is 2. The minimum atomic E-state index is -0.647. The summed E-state index contributed by atoms with van der Waals surface area (Å²) >= 11 is 0. The number of hydrogen-bond donors (Lipinski definition) is 0. The van der Waals surface area contributed by atoms with Gasteiger partial charge in [-0.05, 0) is 50.3 Å². The number of benzene rings is 3. The van der Waals surface area contributed by atoms with Gasteiger partial charge in [0, 0.05) is 13.0 Å². The Balaban J connectivity index is 1.64. The standard InChI is InChI=1S/C31H35NO4/c1-31(2,3)36-30(34)32(22-25-17-11-6-12-18-25)27(20-24-15-9-5-10-16-24)28-21-26(29(33)35-28)19-23-13-7-4-8-14-23/h4-18,26-28H,19-22H2,1-3H3/t26-,27+,28+/m1/s1. The number of nitrogens with zero attached hydrogens (tertiary/aromatic N) is 1. The Labute approximate surface area is 214 Å². The van der Waals surface area contributed by atoms with E-state index in [0.29, 0.717) is 25.8 Å². The van der Waals surface area contributed by atoms with Crippen molar-refractivity contribution in [2.24, 2.45) is 5.92 Å². The van der Waals surface area contributed by atoms with Crippen LogP contribution in [0.1, 0.15) is 43.9 Å². The summed E-state index contributed by atoms with van der Waals surface area (Å²) in [4.78, 5) is 28.3. The molecule has 0 N–H and O–H groups in total. The number of carbonyl (C=O) groups is 2. The Bertz CT molecular complexity index is 1130. The van der Waals surface area contributed by atoms with Crippen molar-refractivity contribution in [3.8, 4) is 0 Å². The van der Waals surface area contributed by atoms with Gasteiger partial charge in [0.25, 0.3) is 0 Å². The van der Waals surface area contributed by atoms with E-state index in [-0.39, 0.29) is 17.9 Å². The van der Waals surface area contributed by atoms with Crippen LogP contribution in [-0.4, -0.2) is 34.7 Å². The SMILES string of the molecule is CC(C)(C)OC(=O)N(Cc1ccccc1)[C@@H](Cc1ccccc1)[C@@H]1C[C@@H](Cc2ccccc2)C(=O)O1. The number of rotatable bonds is 8. The Morgan fingerprint density at radius 1 is 0.889 bits per heavy atom. The molecule has 0 radical (unpaired) electrons. The van der Waals surface area contributed by atoms with Crippen molar-refractivity contribution in [2.45, 2.75) is 64.3 Å². The Morgan fingerprint density at radius 3 is 1.97 bits per heavy atom. The Kier molecular flexibility index (Phi) is 8.09. The lowest BCUT2D eigenvalue weighted by Gasteiger charge is -2.36. The third kappa shape index (κ3) is 6.97. The molecule has 0 aromatic heterocycles. The molecule has 36 heavy (non-hydrogen) atoms. The fraction of sp³-hybridized carbons (Fsp3) is 0.355. The number of amides is 1. The van der Waals surface area contributed by atoms with Crippen molar-refractivity contribution in [1.82, 2.24) is 4.90 Å². The molecule has 3 atom stereocenters. The molecule has 5 heteroatoms. The van der Waals surface area contributed by atoms with Gasteiger partial charge in [-0.3, -0.25) is 9.69 Å². The lowest BCUT2D eigenvalue weighted by atomic mass is 9.91. The normalized spacial score (nSPS) is 18.4. The monoisotopic (exact) mass is 485 g/mol. The van der Waals surface area contributed by atoms with Gasteiger partial charge in [-0.25, -0.2) is 4.79 Å². The fourth-order valence-corrected chi connectivity index (χ4v) is 4.69. The average molecular weight is 486 g/mol. The highest BCUT2D eigenvalue weighted by Gasteiger charge is 2.43. The summed E-state index contributed by atoms with van der Waals surface area (Å²) in [6.45, 7) is 5.96. The van der Waals surface area contributed by atoms with Crippen LogP contribution >= 0.6 is 0 Å². The predicted molar refractivity (Wildman–Crippen MR) is 140 cm³/mol. The summed E-state index contributed by atoms with van der Waals surface area (Å²) in [5, 5.41) is 0. The average Bonchev–Trinajstić information content (AvgIpc) is 3.22. The van der Waals surface area contributed by atoms with E-state index in [2.05, 4.69) is 0 Å². The molecule has 0 spiro atoms. The minimum Gasteiger partial charge on any atom is -0.460 e. The second-order valence-electron chi connectivity index (χ2n) is 10.4. The van der Waals surface area contributed by atoms with E-state index in [1.54, 1.807) is 4.90 Å². The van der Waals surface area contributed by atoms with E-state index >= 15 is 0 Å². The van der Waals surface area contributed by atoms with Crippen LogP contribution in [-0.2, 0) is 33.7 Å². The molecule has 1 amide bonds. The van der Waals surface area contributed by atoms with Crippen molar-refractivity contribution in [3.05, 3.63) is 108 Å². The Morgan fingerprint density at radius 2 is 1.42 bits per heavy atom. The molecule has 0 aliphatic carbocycles. The highest BCUT2D eigenvalue weighted by atomic mass is 16.6. The van der Waals surface area contributed by atoms with E-state index in [1.165, 1.54) is 0 Å². The molecule has 1 fully saturated rings. The van der Waals surface area contributed by atoms with Gasteiger partial charge in [0.05, 0.1) is 12.0 Å². The van der Waals surface area contributed by atoms with Crippen molar-refractivity contribution in [3.63, 3.8) is 0 Å². The molecule has 4 rings (SSSR count). The van der Waals surface area contributed by atoms with Gasteiger partial charge >= 0.3 is 12.1 Å². The Hall–Kier alpha value is -3.60. The molecule has 1 aliphatic heterocycles. The van der Waals surface area contributed by atoms with Gasteiger partial charge in [0.1, 0.15) is 11.7 Å². The molecular formula is C31H35NO4. The zero-order valence-electron chi connectivity index (χ0n) is 21.3. The number of cyclic esters (lactones) is 1. The summed E-state index contributed by atoms with van der Waals surface area (Å²) in [6.07, 6.45) is 0.902. The van der Waals surface area contributed by atoms with E-state index in [1.807, 2.05) is 112 Å². The summed E-state index contributed by atoms with van der Waals surface area (Å²) < 4.78 is 11.8. The van der Waals surface area contributed by atoms with Crippen molar-refractivity contribution < 1.29 is 19.1 Å². The fourth-order valence-electron chi connectivity index (χ4n) is 4.69. The maximum Gasteiger partial charge on any atom is 0.410 e. The van der Waals surface area contributed by atoms with Gasteiger partial charge in [0.15, 0.2) is 0 Å². The lowest BCUT2D eigenvalue weighted by Crippen LogP contribution is -2.49. The number of esters is 1. The lowest BCUT2D eigenvalue weighted by molar-refractivity contribution is -0.146. The first-order valence-electron chi connectivity index (χ1n) is 12.6. The largest absolute Gasteiger partial charge is 0.460 e. The van der Waals surface area contributed by atoms with E-state index < -0.39 is 17.8 Å². The first-order valence-corrected chi connectivity index (χ1v) is 12.6. The van der Waals surface area contributed by atoms with Crippen LogP contribution < -0.4 is 0 Å². The molecule has 1 saturated heterocycles. The summed E-state index contributed by atoms with van der Waals surface area (Å²) in [7, 11) is 0. The summed E-state index contributed by atoms with van der Waals surface area (Å²) in [6, 6.07) is 29.5. The zero-order valence-corrected chi connectivity index (χ0v) is 21.3. The van der Waals surface area contributed by atoms with Crippen LogP contribution in [0.4, 0.5) is 4.79 Å². The van der Waals surface area contributed by atoms with Crippen molar-refractivity contribution in [2.75, 3.05) is 0 Å². The van der Waals surface area contributed by atoms with Gasteiger partial charge in [-0.2, -0.15) is 0 Å². The number of ether oxygens (including phenoxy) is 2. The zero-order chi connectivity index (χ0) is 25.5. The molecule has 0 saturated carbocycles.